The Morgan fingerprint density at radius 3 is 3.00 bits per heavy atom. The highest BCUT2D eigenvalue weighted by Crippen LogP contribution is 2.41. The molecule has 0 spiro atoms. The van der Waals surface area contributed by atoms with Gasteiger partial charge in [-0.15, -0.1) is 0 Å². The van der Waals surface area contributed by atoms with Gasteiger partial charge in [0, 0.05) is 19.6 Å². The third-order valence-corrected chi connectivity index (χ3v) is 4.32. The molecule has 0 saturated heterocycles. The summed E-state index contributed by atoms with van der Waals surface area (Å²) < 4.78 is 11.2. The summed E-state index contributed by atoms with van der Waals surface area (Å²) in [6, 6.07) is 0.0945. The maximum atomic E-state index is 6.03. The minimum atomic E-state index is -0.367. The lowest BCUT2D eigenvalue weighted by atomic mass is 9.78. The summed E-state index contributed by atoms with van der Waals surface area (Å²) in [7, 11) is 1.75. The molecular weight excluding hydrogens is 254 g/mol. The molecule has 5 heteroatoms. The smallest absolute Gasteiger partial charge is 0.228 e. The molecule has 1 saturated carbocycles. The van der Waals surface area contributed by atoms with Crippen LogP contribution >= 0.6 is 0 Å². The van der Waals surface area contributed by atoms with E-state index in [0.29, 0.717) is 24.1 Å². The zero-order valence-electron chi connectivity index (χ0n) is 12.9. The normalized spacial score (nSPS) is 28.5. The van der Waals surface area contributed by atoms with Gasteiger partial charge in [0.1, 0.15) is 5.60 Å². The lowest BCUT2D eigenvalue weighted by Gasteiger charge is -2.36. The highest BCUT2D eigenvalue weighted by molar-refractivity contribution is 5.04. The van der Waals surface area contributed by atoms with Crippen molar-refractivity contribution in [1.29, 1.82) is 0 Å². The third kappa shape index (κ3) is 3.38. The van der Waals surface area contributed by atoms with Crippen molar-refractivity contribution in [2.75, 3.05) is 7.11 Å². The SMILES string of the molecule is CCCC(N)Cc1nc(C2(OC)CCCC(C)C2)no1. The molecule has 0 aliphatic heterocycles. The first-order valence-electron chi connectivity index (χ1n) is 7.73. The Labute approximate surface area is 121 Å². The molecule has 1 aromatic rings. The Morgan fingerprint density at radius 1 is 1.55 bits per heavy atom. The van der Waals surface area contributed by atoms with Crippen molar-refractivity contribution in [2.45, 2.75) is 70.4 Å². The molecule has 114 valence electrons. The van der Waals surface area contributed by atoms with Gasteiger partial charge in [0.15, 0.2) is 0 Å². The van der Waals surface area contributed by atoms with Crippen LogP contribution in [-0.2, 0) is 16.8 Å². The van der Waals surface area contributed by atoms with Crippen LogP contribution in [0.4, 0.5) is 0 Å². The molecule has 20 heavy (non-hydrogen) atoms. The van der Waals surface area contributed by atoms with E-state index in [1.165, 1.54) is 6.42 Å². The van der Waals surface area contributed by atoms with Crippen molar-refractivity contribution < 1.29 is 9.26 Å². The summed E-state index contributed by atoms with van der Waals surface area (Å²) in [5.41, 5.74) is 5.67. The monoisotopic (exact) mass is 281 g/mol. The minimum absolute atomic E-state index is 0.0945. The standard InChI is InChI=1S/C15H27N3O2/c1-4-6-12(16)9-13-17-14(18-20-13)15(19-3)8-5-7-11(2)10-15/h11-12H,4-10,16H2,1-3H3. The molecule has 1 aliphatic carbocycles. The van der Waals surface area contributed by atoms with Crippen molar-refractivity contribution in [1.82, 2.24) is 10.1 Å². The summed E-state index contributed by atoms with van der Waals surface area (Å²) in [5.74, 6) is 1.97. The Balaban J connectivity index is 2.09. The number of hydrogen-bond acceptors (Lipinski definition) is 5. The molecule has 5 nitrogen and oxygen atoms in total. The van der Waals surface area contributed by atoms with E-state index in [1.54, 1.807) is 7.11 Å². The first-order chi connectivity index (χ1) is 9.59. The lowest BCUT2D eigenvalue weighted by molar-refractivity contribution is -0.0658. The van der Waals surface area contributed by atoms with E-state index >= 15 is 0 Å². The largest absolute Gasteiger partial charge is 0.370 e. The maximum Gasteiger partial charge on any atom is 0.228 e. The molecule has 0 aromatic carbocycles. The van der Waals surface area contributed by atoms with Gasteiger partial charge in [-0.25, -0.2) is 0 Å². The fourth-order valence-corrected chi connectivity index (χ4v) is 3.20. The van der Waals surface area contributed by atoms with Crippen LogP contribution in [0.2, 0.25) is 0 Å². The Kier molecular flexibility index (Phi) is 5.16. The molecular formula is C15H27N3O2. The van der Waals surface area contributed by atoms with E-state index in [1.807, 2.05) is 0 Å². The maximum absolute atomic E-state index is 6.03. The molecule has 0 bridgehead atoms. The summed E-state index contributed by atoms with van der Waals surface area (Å²) in [4.78, 5) is 4.55. The van der Waals surface area contributed by atoms with Crippen molar-refractivity contribution in [2.24, 2.45) is 11.7 Å². The highest BCUT2D eigenvalue weighted by atomic mass is 16.5. The summed E-state index contributed by atoms with van der Waals surface area (Å²) in [5, 5.41) is 4.16. The van der Waals surface area contributed by atoms with Crippen molar-refractivity contribution in [3.05, 3.63) is 11.7 Å². The summed E-state index contributed by atoms with van der Waals surface area (Å²) in [6.45, 7) is 4.38. The quantitative estimate of drug-likeness (QED) is 0.868. The van der Waals surface area contributed by atoms with Crippen LogP contribution in [0.25, 0.3) is 0 Å². The van der Waals surface area contributed by atoms with Gasteiger partial charge >= 0.3 is 0 Å². The van der Waals surface area contributed by atoms with Crippen LogP contribution in [0.5, 0.6) is 0 Å². The topological polar surface area (TPSA) is 74.2 Å². The fourth-order valence-electron chi connectivity index (χ4n) is 3.20. The first-order valence-corrected chi connectivity index (χ1v) is 7.73. The second kappa shape index (κ2) is 6.68. The van der Waals surface area contributed by atoms with Gasteiger partial charge in [-0.3, -0.25) is 0 Å². The van der Waals surface area contributed by atoms with E-state index in [2.05, 4.69) is 24.0 Å². The first kappa shape index (κ1) is 15.4. The number of nitrogens with zero attached hydrogens (tertiary/aromatic N) is 2. The van der Waals surface area contributed by atoms with Crippen LogP contribution in [0.1, 0.15) is 64.1 Å². The van der Waals surface area contributed by atoms with Gasteiger partial charge in [-0.05, 0) is 31.6 Å². The molecule has 3 atom stereocenters. The van der Waals surface area contributed by atoms with Gasteiger partial charge in [-0.2, -0.15) is 4.98 Å². The van der Waals surface area contributed by atoms with E-state index < -0.39 is 0 Å². The predicted octanol–water partition coefficient (Wildman–Crippen LogP) is 2.79. The highest BCUT2D eigenvalue weighted by Gasteiger charge is 2.40. The van der Waals surface area contributed by atoms with Gasteiger partial charge in [0.2, 0.25) is 11.7 Å². The van der Waals surface area contributed by atoms with Gasteiger partial charge < -0.3 is 15.0 Å². The van der Waals surface area contributed by atoms with E-state index in [-0.39, 0.29) is 11.6 Å². The molecule has 3 unspecified atom stereocenters. The number of rotatable bonds is 6. The number of methoxy groups -OCH3 is 1. The van der Waals surface area contributed by atoms with Crippen molar-refractivity contribution in [3.8, 4) is 0 Å². The zero-order chi connectivity index (χ0) is 14.6. The lowest BCUT2D eigenvalue weighted by Crippen LogP contribution is -2.35. The van der Waals surface area contributed by atoms with Crippen LogP contribution in [-0.4, -0.2) is 23.3 Å². The Bertz CT molecular complexity index is 421. The zero-order valence-corrected chi connectivity index (χ0v) is 12.9. The molecule has 1 aliphatic rings. The molecule has 0 radical (unpaired) electrons. The summed E-state index contributed by atoms with van der Waals surface area (Å²) >= 11 is 0. The Morgan fingerprint density at radius 2 is 2.35 bits per heavy atom. The van der Waals surface area contributed by atoms with E-state index in [4.69, 9.17) is 15.0 Å². The second-order valence-electron chi connectivity index (χ2n) is 6.16. The van der Waals surface area contributed by atoms with Crippen LogP contribution in [0.3, 0.4) is 0 Å². The van der Waals surface area contributed by atoms with Crippen LogP contribution in [0.15, 0.2) is 4.52 Å². The van der Waals surface area contributed by atoms with Gasteiger partial charge in [-0.1, -0.05) is 31.8 Å². The summed E-state index contributed by atoms with van der Waals surface area (Å²) in [6.07, 6.45) is 7.02. The molecule has 0 amide bonds. The van der Waals surface area contributed by atoms with E-state index in [9.17, 15) is 0 Å². The number of ether oxygens (including phenoxy) is 1. The fraction of sp³-hybridized carbons (Fsp3) is 0.867. The third-order valence-electron chi connectivity index (χ3n) is 4.32. The molecule has 2 rings (SSSR count). The van der Waals surface area contributed by atoms with Gasteiger partial charge in [0.25, 0.3) is 0 Å². The number of hydrogen-bond donors (Lipinski definition) is 1. The molecule has 1 aromatic heterocycles. The molecule has 1 heterocycles. The average Bonchev–Trinajstić information content (AvgIpc) is 2.88. The molecule has 1 fully saturated rings. The number of nitrogens with two attached hydrogens (primary N) is 1. The van der Waals surface area contributed by atoms with Crippen molar-refractivity contribution >= 4 is 0 Å². The average molecular weight is 281 g/mol. The van der Waals surface area contributed by atoms with Gasteiger partial charge in [0.05, 0.1) is 0 Å². The van der Waals surface area contributed by atoms with Crippen molar-refractivity contribution in [3.63, 3.8) is 0 Å². The predicted molar refractivity (Wildman–Crippen MR) is 77.2 cm³/mol. The van der Waals surface area contributed by atoms with Crippen LogP contribution in [0, 0.1) is 5.92 Å². The second-order valence-corrected chi connectivity index (χ2v) is 6.16. The molecule has 2 N–H and O–H groups in total. The van der Waals surface area contributed by atoms with Crippen LogP contribution < -0.4 is 5.73 Å². The van der Waals surface area contributed by atoms with E-state index in [0.717, 1.165) is 32.1 Å². The Hall–Kier alpha value is -0.940. The number of aromatic nitrogens is 2. The minimum Gasteiger partial charge on any atom is -0.370 e.